The Bertz CT molecular complexity index is 603. The van der Waals surface area contributed by atoms with Crippen LogP contribution >= 0.6 is 0 Å². The molecule has 1 N–H and O–H groups in total. The molecule has 1 aliphatic rings. The number of carbonyl (C=O) groups excluding carboxylic acids is 2. The summed E-state index contributed by atoms with van der Waals surface area (Å²) in [6.07, 6.45) is 3.35. The standard InChI is InChI=1S/C12H9N3O2/c16-11-7-14-12(17)15(11)10-3-1-2-8-6-13-5-4-9(8)10/h1-6H,7H2,(H,14,17). The van der Waals surface area contributed by atoms with E-state index in [1.807, 2.05) is 6.07 Å². The Balaban J connectivity index is 2.23. The van der Waals surface area contributed by atoms with Crippen LogP contribution in [-0.2, 0) is 4.79 Å². The van der Waals surface area contributed by atoms with Crippen molar-refractivity contribution in [3.8, 4) is 0 Å². The van der Waals surface area contributed by atoms with Crippen LogP contribution in [0.15, 0.2) is 36.7 Å². The van der Waals surface area contributed by atoms with Gasteiger partial charge in [-0.3, -0.25) is 9.78 Å². The number of rotatable bonds is 1. The Morgan fingerprint density at radius 1 is 1.24 bits per heavy atom. The summed E-state index contributed by atoms with van der Waals surface area (Å²) in [5.74, 6) is -0.237. The van der Waals surface area contributed by atoms with Crippen molar-refractivity contribution in [1.29, 1.82) is 0 Å². The van der Waals surface area contributed by atoms with Crippen LogP contribution in [0.4, 0.5) is 10.5 Å². The van der Waals surface area contributed by atoms with Crippen LogP contribution in [0.5, 0.6) is 0 Å². The molecular formula is C12H9N3O2. The first-order valence-corrected chi connectivity index (χ1v) is 5.21. The van der Waals surface area contributed by atoms with Gasteiger partial charge in [-0.25, -0.2) is 9.69 Å². The van der Waals surface area contributed by atoms with Crippen molar-refractivity contribution < 1.29 is 9.59 Å². The SMILES string of the molecule is O=C1CNC(=O)N1c1cccc2cnccc12. The number of aromatic nitrogens is 1. The van der Waals surface area contributed by atoms with Crippen LogP contribution in [0.1, 0.15) is 0 Å². The number of hydrogen-bond acceptors (Lipinski definition) is 3. The number of amides is 3. The molecule has 0 saturated carbocycles. The van der Waals surface area contributed by atoms with E-state index in [0.29, 0.717) is 5.69 Å². The molecule has 1 fully saturated rings. The third-order valence-electron chi connectivity index (χ3n) is 2.74. The Labute approximate surface area is 97.1 Å². The summed E-state index contributed by atoms with van der Waals surface area (Å²) in [5.41, 5.74) is 0.602. The third kappa shape index (κ3) is 1.44. The van der Waals surface area contributed by atoms with E-state index >= 15 is 0 Å². The van der Waals surface area contributed by atoms with Crippen LogP contribution in [0.25, 0.3) is 10.8 Å². The van der Waals surface area contributed by atoms with E-state index in [-0.39, 0.29) is 18.5 Å². The summed E-state index contributed by atoms with van der Waals surface area (Å²) in [6.45, 7) is 0.0559. The van der Waals surface area contributed by atoms with Crippen LogP contribution in [0.2, 0.25) is 0 Å². The number of benzene rings is 1. The number of imide groups is 1. The Morgan fingerprint density at radius 2 is 2.12 bits per heavy atom. The first-order valence-electron chi connectivity index (χ1n) is 5.21. The van der Waals surface area contributed by atoms with Gasteiger partial charge in [-0.1, -0.05) is 12.1 Å². The normalized spacial score (nSPS) is 15.4. The number of urea groups is 1. The third-order valence-corrected chi connectivity index (χ3v) is 2.74. The molecule has 0 aliphatic carbocycles. The van der Waals surface area contributed by atoms with Gasteiger partial charge in [-0.05, 0) is 12.1 Å². The number of anilines is 1. The maximum absolute atomic E-state index is 11.7. The van der Waals surface area contributed by atoms with Crippen LogP contribution in [0.3, 0.4) is 0 Å². The lowest BCUT2D eigenvalue weighted by Gasteiger charge is -2.14. The zero-order valence-electron chi connectivity index (χ0n) is 8.88. The highest BCUT2D eigenvalue weighted by atomic mass is 16.2. The van der Waals surface area contributed by atoms with Crippen molar-refractivity contribution in [2.75, 3.05) is 11.4 Å². The van der Waals surface area contributed by atoms with Crippen molar-refractivity contribution in [2.45, 2.75) is 0 Å². The van der Waals surface area contributed by atoms with Crippen LogP contribution < -0.4 is 10.2 Å². The van der Waals surface area contributed by atoms with Crippen LogP contribution in [0, 0.1) is 0 Å². The largest absolute Gasteiger partial charge is 0.329 e. The zero-order valence-corrected chi connectivity index (χ0v) is 8.88. The van der Waals surface area contributed by atoms with Gasteiger partial charge in [0.15, 0.2) is 0 Å². The summed E-state index contributed by atoms with van der Waals surface area (Å²) in [5, 5.41) is 4.25. The second-order valence-electron chi connectivity index (χ2n) is 3.76. The number of fused-ring (bicyclic) bond motifs is 1. The fourth-order valence-electron chi connectivity index (χ4n) is 1.97. The lowest BCUT2D eigenvalue weighted by atomic mass is 10.1. The van der Waals surface area contributed by atoms with Gasteiger partial charge in [0, 0.05) is 23.2 Å². The van der Waals surface area contributed by atoms with E-state index in [9.17, 15) is 9.59 Å². The molecule has 2 aromatic rings. The summed E-state index contributed by atoms with van der Waals surface area (Å²) < 4.78 is 0. The molecule has 5 heteroatoms. The quantitative estimate of drug-likeness (QED) is 0.747. The molecule has 1 aromatic carbocycles. The summed E-state index contributed by atoms with van der Waals surface area (Å²) in [4.78, 5) is 28.4. The topological polar surface area (TPSA) is 62.3 Å². The monoisotopic (exact) mass is 227 g/mol. The first-order chi connectivity index (χ1) is 8.27. The van der Waals surface area contributed by atoms with Gasteiger partial charge in [0.1, 0.15) is 0 Å². The molecule has 3 rings (SSSR count). The van der Waals surface area contributed by atoms with Gasteiger partial charge >= 0.3 is 6.03 Å². The second kappa shape index (κ2) is 3.55. The van der Waals surface area contributed by atoms with Gasteiger partial charge in [-0.15, -0.1) is 0 Å². The molecule has 0 spiro atoms. The lowest BCUT2D eigenvalue weighted by molar-refractivity contribution is -0.115. The molecule has 84 valence electrons. The van der Waals surface area contributed by atoms with Crippen molar-refractivity contribution in [2.24, 2.45) is 0 Å². The molecule has 1 aromatic heterocycles. The molecule has 2 heterocycles. The smallest absolute Gasteiger partial charge is 0.328 e. The van der Waals surface area contributed by atoms with Crippen LogP contribution in [-0.4, -0.2) is 23.5 Å². The number of hydrogen-bond donors (Lipinski definition) is 1. The van der Waals surface area contributed by atoms with Crippen molar-refractivity contribution in [3.05, 3.63) is 36.7 Å². The molecular weight excluding hydrogens is 218 g/mol. The van der Waals surface area contributed by atoms with E-state index in [1.165, 1.54) is 4.90 Å². The summed E-state index contributed by atoms with van der Waals surface area (Å²) >= 11 is 0. The number of nitrogens with zero attached hydrogens (tertiary/aromatic N) is 2. The molecule has 5 nitrogen and oxygen atoms in total. The number of carbonyl (C=O) groups is 2. The average Bonchev–Trinajstić information content (AvgIpc) is 2.69. The molecule has 0 unspecified atom stereocenters. The number of pyridine rings is 1. The van der Waals surface area contributed by atoms with Crippen molar-refractivity contribution >= 4 is 28.4 Å². The predicted molar refractivity (Wildman–Crippen MR) is 62.6 cm³/mol. The maximum atomic E-state index is 11.7. The average molecular weight is 227 g/mol. The molecule has 0 bridgehead atoms. The van der Waals surface area contributed by atoms with Gasteiger partial charge < -0.3 is 5.32 Å². The van der Waals surface area contributed by atoms with E-state index in [0.717, 1.165) is 10.8 Å². The maximum Gasteiger partial charge on any atom is 0.329 e. The Morgan fingerprint density at radius 3 is 2.88 bits per heavy atom. The van der Waals surface area contributed by atoms with Gasteiger partial charge in [-0.2, -0.15) is 0 Å². The minimum absolute atomic E-state index is 0.0559. The molecule has 17 heavy (non-hydrogen) atoms. The van der Waals surface area contributed by atoms with Gasteiger partial charge in [0.2, 0.25) is 0 Å². The summed E-state index contributed by atoms with van der Waals surface area (Å²) in [7, 11) is 0. The number of nitrogens with one attached hydrogen (secondary N) is 1. The Hall–Kier alpha value is -2.43. The Kier molecular flexibility index (Phi) is 2.04. The molecule has 0 radical (unpaired) electrons. The minimum Gasteiger partial charge on any atom is -0.328 e. The highest BCUT2D eigenvalue weighted by molar-refractivity contribution is 6.22. The van der Waals surface area contributed by atoms with E-state index in [4.69, 9.17) is 0 Å². The lowest BCUT2D eigenvalue weighted by Crippen LogP contribution is -2.30. The minimum atomic E-state index is -0.376. The molecule has 3 amide bonds. The zero-order chi connectivity index (χ0) is 11.8. The summed E-state index contributed by atoms with van der Waals surface area (Å²) in [6, 6.07) is 6.87. The molecule has 0 atom stereocenters. The fourth-order valence-corrected chi connectivity index (χ4v) is 1.97. The second-order valence-corrected chi connectivity index (χ2v) is 3.76. The van der Waals surface area contributed by atoms with Crippen molar-refractivity contribution in [1.82, 2.24) is 10.3 Å². The van der Waals surface area contributed by atoms with Gasteiger partial charge in [0.05, 0.1) is 12.2 Å². The van der Waals surface area contributed by atoms with Crippen molar-refractivity contribution in [3.63, 3.8) is 0 Å². The molecule has 1 aliphatic heterocycles. The predicted octanol–water partition coefficient (Wildman–Crippen LogP) is 1.29. The first kappa shape index (κ1) is 9.77. The van der Waals surface area contributed by atoms with E-state index < -0.39 is 0 Å². The fraction of sp³-hybridized carbons (Fsp3) is 0.0833. The van der Waals surface area contributed by atoms with E-state index in [1.54, 1.807) is 30.6 Å². The highest BCUT2D eigenvalue weighted by Gasteiger charge is 2.30. The molecule has 1 saturated heterocycles. The van der Waals surface area contributed by atoms with Gasteiger partial charge in [0.25, 0.3) is 5.91 Å². The highest BCUT2D eigenvalue weighted by Crippen LogP contribution is 2.27. The van der Waals surface area contributed by atoms with E-state index in [2.05, 4.69) is 10.3 Å².